The number of aromatic nitrogens is 1. The maximum Gasteiger partial charge on any atom is 0.341 e. The van der Waals surface area contributed by atoms with Crippen LogP contribution >= 0.6 is 0 Å². The van der Waals surface area contributed by atoms with Gasteiger partial charge in [-0.1, -0.05) is 13.8 Å². The molecule has 20 heavy (non-hydrogen) atoms. The average molecular weight is 276 g/mol. The summed E-state index contributed by atoms with van der Waals surface area (Å²) in [6, 6.07) is 3.92. The largest absolute Gasteiger partial charge is 0.462 e. The summed E-state index contributed by atoms with van der Waals surface area (Å²) in [6.45, 7) is 6.82. The van der Waals surface area contributed by atoms with Crippen molar-refractivity contribution in [3.63, 3.8) is 0 Å². The number of hydrogen-bond donors (Lipinski definition) is 1. The molecule has 0 radical (unpaired) electrons. The van der Waals surface area contributed by atoms with Gasteiger partial charge in [0.2, 0.25) is 0 Å². The van der Waals surface area contributed by atoms with Crippen LogP contribution in [-0.2, 0) is 4.74 Å². The van der Waals surface area contributed by atoms with Crippen LogP contribution in [0.2, 0.25) is 0 Å². The number of esters is 1. The fourth-order valence-electron chi connectivity index (χ4n) is 2.63. The summed E-state index contributed by atoms with van der Waals surface area (Å²) >= 11 is 0. The molecule has 1 heterocycles. The van der Waals surface area contributed by atoms with Crippen molar-refractivity contribution in [2.45, 2.75) is 52.5 Å². The van der Waals surface area contributed by atoms with Crippen molar-refractivity contribution >= 4 is 11.8 Å². The number of nitrogens with zero attached hydrogens (tertiary/aromatic N) is 1. The molecule has 1 aromatic rings. The van der Waals surface area contributed by atoms with E-state index in [1.54, 1.807) is 18.3 Å². The van der Waals surface area contributed by atoms with E-state index in [1.165, 1.54) is 12.8 Å². The Morgan fingerprint density at radius 1 is 1.45 bits per heavy atom. The molecule has 4 nitrogen and oxygen atoms in total. The normalized spacial score (nSPS) is 18.6. The van der Waals surface area contributed by atoms with Crippen LogP contribution in [0.1, 0.15) is 56.8 Å². The maximum atomic E-state index is 11.9. The fraction of sp³-hybridized carbons (Fsp3) is 0.625. The molecule has 1 saturated carbocycles. The number of carbonyl (C=O) groups excluding carboxylic acids is 1. The first-order chi connectivity index (χ1) is 9.52. The summed E-state index contributed by atoms with van der Waals surface area (Å²) in [6.07, 6.45) is 6.34. The van der Waals surface area contributed by atoms with Gasteiger partial charge in [0.15, 0.2) is 0 Å². The Labute approximate surface area is 120 Å². The van der Waals surface area contributed by atoms with Gasteiger partial charge in [-0.3, -0.25) is 0 Å². The van der Waals surface area contributed by atoms with Crippen molar-refractivity contribution in [2.24, 2.45) is 5.41 Å². The van der Waals surface area contributed by atoms with Crippen LogP contribution < -0.4 is 5.32 Å². The summed E-state index contributed by atoms with van der Waals surface area (Å²) in [5.41, 5.74) is 0.964. The standard InChI is InChI=1S/C16H24N2O2/c1-4-20-15(19)13-6-5-11-17-14(13)18-12-7-9-16(2,3)10-8-12/h5-6,11-12H,4,7-10H2,1-3H3,(H,17,18). The van der Waals surface area contributed by atoms with Gasteiger partial charge in [0.1, 0.15) is 11.4 Å². The van der Waals surface area contributed by atoms with Crippen LogP contribution in [0.4, 0.5) is 5.82 Å². The van der Waals surface area contributed by atoms with E-state index in [0.717, 1.165) is 12.8 Å². The van der Waals surface area contributed by atoms with Crippen LogP contribution in [0.25, 0.3) is 0 Å². The van der Waals surface area contributed by atoms with Crippen molar-refractivity contribution in [1.29, 1.82) is 0 Å². The lowest BCUT2D eigenvalue weighted by atomic mass is 9.75. The Kier molecular flexibility index (Phi) is 4.63. The smallest absolute Gasteiger partial charge is 0.341 e. The van der Waals surface area contributed by atoms with Gasteiger partial charge in [0.05, 0.1) is 6.61 Å². The molecule has 110 valence electrons. The predicted molar refractivity (Wildman–Crippen MR) is 79.9 cm³/mol. The highest BCUT2D eigenvalue weighted by molar-refractivity contribution is 5.94. The molecule has 1 aliphatic carbocycles. The Morgan fingerprint density at radius 2 is 2.15 bits per heavy atom. The monoisotopic (exact) mass is 276 g/mol. The quantitative estimate of drug-likeness (QED) is 0.853. The van der Waals surface area contributed by atoms with Crippen molar-refractivity contribution in [3.05, 3.63) is 23.9 Å². The molecule has 0 spiro atoms. The van der Waals surface area contributed by atoms with Crippen molar-refractivity contribution < 1.29 is 9.53 Å². The summed E-state index contributed by atoms with van der Waals surface area (Å²) in [7, 11) is 0. The van der Waals surface area contributed by atoms with Gasteiger partial charge in [-0.15, -0.1) is 0 Å². The molecule has 0 aromatic carbocycles. The Hall–Kier alpha value is -1.58. The topological polar surface area (TPSA) is 51.2 Å². The van der Waals surface area contributed by atoms with E-state index >= 15 is 0 Å². The zero-order chi connectivity index (χ0) is 14.6. The highest BCUT2D eigenvalue weighted by atomic mass is 16.5. The summed E-state index contributed by atoms with van der Waals surface area (Å²) < 4.78 is 5.07. The van der Waals surface area contributed by atoms with Crippen LogP contribution in [0.3, 0.4) is 0 Å². The summed E-state index contributed by atoms with van der Waals surface area (Å²) in [4.78, 5) is 16.2. The number of pyridine rings is 1. The first kappa shape index (κ1) is 14.8. The lowest BCUT2D eigenvalue weighted by Crippen LogP contribution is -2.30. The van der Waals surface area contributed by atoms with E-state index < -0.39 is 0 Å². The molecule has 0 bridgehead atoms. The second-order valence-electron chi connectivity index (χ2n) is 6.20. The van der Waals surface area contributed by atoms with E-state index in [4.69, 9.17) is 4.74 Å². The van der Waals surface area contributed by atoms with E-state index in [9.17, 15) is 4.79 Å². The minimum atomic E-state index is -0.306. The minimum Gasteiger partial charge on any atom is -0.462 e. The van der Waals surface area contributed by atoms with Gasteiger partial charge < -0.3 is 10.1 Å². The van der Waals surface area contributed by atoms with Gasteiger partial charge in [0, 0.05) is 12.2 Å². The molecule has 0 aliphatic heterocycles. The second kappa shape index (κ2) is 6.25. The van der Waals surface area contributed by atoms with Crippen LogP contribution in [0.15, 0.2) is 18.3 Å². The third kappa shape index (κ3) is 3.71. The number of rotatable bonds is 4. The van der Waals surface area contributed by atoms with Crippen LogP contribution in [0, 0.1) is 5.41 Å². The lowest BCUT2D eigenvalue weighted by molar-refractivity contribution is 0.0527. The third-order valence-electron chi connectivity index (χ3n) is 3.98. The van der Waals surface area contributed by atoms with Gasteiger partial charge >= 0.3 is 5.97 Å². The molecule has 1 fully saturated rings. The van der Waals surface area contributed by atoms with Crippen molar-refractivity contribution in [2.75, 3.05) is 11.9 Å². The fourth-order valence-corrected chi connectivity index (χ4v) is 2.63. The Balaban J connectivity index is 2.04. The zero-order valence-corrected chi connectivity index (χ0v) is 12.6. The van der Waals surface area contributed by atoms with E-state index in [2.05, 4.69) is 24.1 Å². The molecule has 1 aliphatic rings. The second-order valence-corrected chi connectivity index (χ2v) is 6.20. The van der Waals surface area contributed by atoms with Gasteiger partial charge in [0.25, 0.3) is 0 Å². The predicted octanol–water partition coefficient (Wildman–Crippen LogP) is 3.64. The Bertz CT molecular complexity index is 461. The molecular weight excluding hydrogens is 252 g/mol. The molecular formula is C16H24N2O2. The number of carbonyl (C=O) groups is 1. The van der Waals surface area contributed by atoms with E-state index in [-0.39, 0.29) is 5.97 Å². The minimum absolute atomic E-state index is 0.306. The summed E-state index contributed by atoms with van der Waals surface area (Å²) in [5, 5.41) is 3.41. The van der Waals surface area contributed by atoms with Gasteiger partial charge in [-0.2, -0.15) is 0 Å². The summed E-state index contributed by atoms with van der Waals surface area (Å²) in [5.74, 6) is 0.342. The number of ether oxygens (including phenoxy) is 1. The first-order valence-corrected chi connectivity index (χ1v) is 7.40. The average Bonchev–Trinajstić information content (AvgIpc) is 2.42. The molecule has 1 aromatic heterocycles. The third-order valence-corrected chi connectivity index (χ3v) is 3.98. The highest BCUT2D eigenvalue weighted by Gasteiger charge is 2.27. The van der Waals surface area contributed by atoms with Crippen molar-refractivity contribution in [3.8, 4) is 0 Å². The molecule has 4 heteroatoms. The molecule has 0 saturated heterocycles. The highest BCUT2D eigenvalue weighted by Crippen LogP contribution is 2.36. The lowest BCUT2D eigenvalue weighted by Gasteiger charge is -2.35. The van der Waals surface area contributed by atoms with E-state index in [1.807, 2.05) is 6.92 Å². The molecule has 2 rings (SSSR count). The number of nitrogens with one attached hydrogen (secondary N) is 1. The van der Waals surface area contributed by atoms with Crippen LogP contribution in [-0.4, -0.2) is 23.6 Å². The molecule has 0 atom stereocenters. The zero-order valence-electron chi connectivity index (χ0n) is 12.6. The molecule has 1 N–H and O–H groups in total. The van der Waals surface area contributed by atoms with Crippen molar-refractivity contribution in [1.82, 2.24) is 4.98 Å². The van der Waals surface area contributed by atoms with Crippen LogP contribution in [0.5, 0.6) is 0 Å². The molecule has 0 unspecified atom stereocenters. The molecule has 0 amide bonds. The van der Waals surface area contributed by atoms with Gasteiger partial charge in [-0.05, 0) is 50.2 Å². The van der Waals surface area contributed by atoms with E-state index in [0.29, 0.717) is 29.4 Å². The van der Waals surface area contributed by atoms with Gasteiger partial charge in [-0.25, -0.2) is 9.78 Å². The first-order valence-electron chi connectivity index (χ1n) is 7.40. The maximum absolute atomic E-state index is 11.9. The number of hydrogen-bond acceptors (Lipinski definition) is 4. The number of anilines is 1. The SMILES string of the molecule is CCOC(=O)c1cccnc1NC1CCC(C)(C)CC1. The Morgan fingerprint density at radius 3 is 2.80 bits per heavy atom.